The van der Waals surface area contributed by atoms with Gasteiger partial charge in [0.1, 0.15) is 0 Å². The van der Waals surface area contributed by atoms with Crippen molar-refractivity contribution >= 4 is 11.9 Å². The lowest BCUT2D eigenvalue weighted by Gasteiger charge is -2.12. The Kier molecular flexibility index (Phi) is 19.1. The Bertz CT molecular complexity index is 648. The SMILES string of the molecule is CCCCCCCCCCCCCCCCCOC(=O)c1ccc(C(=O)OCC(CC)CC)cc1. The average Bonchev–Trinajstić information content (AvgIpc) is 2.88. The molecule has 0 saturated heterocycles. The minimum atomic E-state index is -0.338. The summed E-state index contributed by atoms with van der Waals surface area (Å²) in [7, 11) is 0. The Morgan fingerprint density at radius 3 is 1.34 bits per heavy atom. The number of benzene rings is 1. The van der Waals surface area contributed by atoms with Crippen molar-refractivity contribution in [1.29, 1.82) is 0 Å². The molecular weight excluding hydrogens is 436 g/mol. The summed E-state index contributed by atoms with van der Waals surface area (Å²) in [6.45, 7) is 7.36. The fraction of sp³-hybridized carbons (Fsp3) is 0.742. The van der Waals surface area contributed by atoms with Gasteiger partial charge in [-0.3, -0.25) is 0 Å². The van der Waals surface area contributed by atoms with E-state index in [-0.39, 0.29) is 11.9 Å². The van der Waals surface area contributed by atoms with E-state index in [1.165, 1.54) is 83.5 Å². The Morgan fingerprint density at radius 1 is 0.571 bits per heavy atom. The molecule has 0 amide bonds. The van der Waals surface area contributed by atoms with E-state index in [0.29, 0.717) is 30.3 Å². The molecule has 1 aromatic carbocycles. The van der Waals surface area contributed by atoms with Crippen LogP contribution in [0.3, 0.4) is 0 Å². The van der Waals surface area contributed by atoms with E-state index in [4.69, 9.17) is 9.47 Å². The largest absolute Gasteiger partial charge is 0.462 e. The maximum Gasteiger partial charge on any atom is 0.338 e. The van der Waals surface area contributed by atoms with E-state index >= 15 is 0 Å². The third-order valence-corrected chi connectivity index (χ3v) is 6.94. The first-order chi connectivity index (χ1) is 17.1. The fourth-order valence-corrected chi connectivity index (χ4v) is 4.27. The molecule has 0 spiro atoms. The topological polar surface area (TPSA) is 52.6 Å². The highest BCUT2D eigenvalue weighted by molar-refractivity contribution is 5.93. The van der Waals surface area contributed by atoms with Crippen molar-refractivity contribution in [2.75, 3.05) is 13.2 Å². The molecule has 0 aliphatic rings. The van der Waals surface area contributed by atoms with Crippen molar-refractivity contribution in [3.05, 3.63) is 35.4 Å². The van der Waals surface area contributed by atoms with Gasteiger partial charge in [-0.15, -0.1) is 0 Å². The predicted molar refractivity (Wildman–Crippen MR) is 146 cm³/mol. The summed E-state index contributed by atoms with van der Waals surface area (Å²) < 4.78 is 10.8. The van der Waals surface area contributed by atoms with Crippen LogP contribution >= 0.6 is 0 Å². The second kappa shape index (κ2) is 21.4. The molecule has 0 aliphatic carbocycles. The van der Waals surface area contributed by atoms with Gasteiger partial charge in [0.15, 0.2) is 0 Å². The highest BCUT2D eigenvalue weighted by atomic mass is 16.5. The molecule has 1 rings (SSSR count). The number of esters is 2. The monoisotopic (exact) mass is 488 g/mol. The standard InChI is InChI=1S/C31H52O4/c1-4-7-8-9-10-11-12-13-14-15-16-17-18-19-20-25-34-30(32)28-21-23-29(24-22-28)31(33)35-26-27(5-2)6-3/h21-24,27H,4-20,25-26H2,1-3H3. The van der Waals surface area contributed by atoms with Gasteiger partial charge in [0.2, 0.25) is 0 Å². The van der Waals surface area contributed by atoms with Crippen LogP contribution in [0.1, 0.15) is 151 Å². The summed E-state index contributed by atoms with van der Waals surface area (Å²) in [6, 6.07) is 6.56. The van der Waals surface area contributed by atoms with E-state index in [1.54, 1.807) is 24.3 Å². The zero-order valence-electron chi connectivity index (χ0n) is 23.0. The molecule has 0 aliphatic heterocycles. The number of carbonyl (C=O) groups is 2. The lowest BCUT2D eigenvalue weighted by molar-refractivity contribution is 0.0430. The lowest BCUT2D eigenvalue weighted by atomic mass is 10.0. The summed E-state index contributed by atoms with van der Waals surface area (Å²) >= 11 is 0. The summed E-state index contributed by atoms with van der Waals surface area (Å²) in [5, 5.41) is 0. The number of hydrogen-bond donors (Lipinski definition) is 0. The van der Waals surface area contributed by atoms with Gasteiger partial charge in [-0.2, -0.15) is 0 Å². The number of rotatable bonds is 22. The van der Waals surface area contributed by atoms with Crippen LogP contribution in [0.4, 0.5) is 0 Å². The molecule has 35 heavy (non-hydrogen) atoms. The van der Waals surface area contributed by atoms with Gasteiger partial charge in [0.05, 0.1) is 24.3 Å². The summed E-state index contributed by atoms with van der Waals surface area (Å²) in [6.07, 6.45) is 21.7. The second-order valence-corrected chi connectivity index (χ2v) is 9.94. The van der Waals surface area contributed by atoms with Crippen molar-refractivity contribution in [3.8, 4) is 0 Å². The molecule has 0 fully saturated rings. The Hall–Kier alpha value is -1.84. The third-order valence-electron chi connectivity index (χ3n) is 6.94. The van der Waals surface area contributed by atoms with Crippen LogP contribution in [0.25, 0.3) is 0 Å². The first-order valence-electron chi connectivity index (χ1n) is 14.6. The van der Waals surface area contributed by atoms with Gasteiger partial charge in [0.25, 0.3) is 0 Å². The molecule has 4 nitrogen and oxygen atoms in total. The molecule has 0 heterocycles. The summed E-state index contributed by atoms with van der Waals surface area (Å²) in [5.41, 5.74) is 0.942. The molecule has 0 unspecified atom stereocenters. The van der Waals surface area contributed by atoms with E-state index in [9.17, 15) is 9.59 Å². The van der Waals surface area contributed by atoms with Crippen LogP contribution in [0, 0.1) is 5.92 Å². The highest BCUT2D eigenvalue weighted by Gasteiger charge is 2.13. The van der Waals surface area contributed by atoms with Gasteiger partial charge in [-0.1, -0.05) is 124 Å². The first kappa shape index (κ1) is 31.2. The Morgan fingerprint density at radius 2 is 0.943 bits per heavy atom. The molecule has 0 N–H and O–H groups in total. The van der Waals surface area contributed by atoms with Gasteiger partial charge >= 0.3 is 11.9 Å². The number of ether oxygens (including phenoxy) is 2. The first-order valence-corrected chi connectivity index (χ1v) is 14.6. The molecular formula is C31H52O4. The molecule has 1 aromatic rings. The Labute approximate surface area is 215 Å². The van der Waals surface area contributed by atoms with Gasteiger partial charge in [-0.25, -0.2) is 9.59 Å². The quantitative estimate of drug-likeness (QED) is 0.120. The third kappa shape index (κ3) is 15.7. The summed E-state index contributed by atoms with van der Waals surface area (Å²) in [4.78, 5) is 24.4. The van der Waals surface area contributed by atoms with Gasteiger partial charge < -0.3 is 9.47 Å². The van der Waals surface area contributed by atoms with Crippen molar-refractivity contribution < 1.29 is 19.1 Å². The second-order valence-electron chi connectivity index (χ2n) is 9.94. The minimum Gasteiger partial charge on any atom is -0.462 e. The Balaban J connectivity index is 2.01. The van der Waals surface area contributed by atoms with Crippen molar-refractivity contribution in [1.82, 2.24) is 0 Å². The van der Waals surface area contributed by atoms with Crippen molar-refractivity contribution in [2.45, 2.75) is 130 Å². The van der Waals surface area contributed by atoms with Gasteiger partial charge in [-0.05, 0) is 36.6 Å². The zero-order valence-corrected chi connectivity index (χ0v) is 23.0. The summed E-state index contributed by atoms with van der Waals surface area (Å²) in [5.74, 6) is -0.269. The molecule has 0 bridgehead atoms. The van der Waals surface area contributed by atoms with Crippen LogP contribution in [-0.2, 0) is 9.47 Å². The van der Waals surface area contributed by atoms with Crippen molar-refractivity contribution in [2.24, 2.45) is 5.92 Å². The smallest absolute Gasteiger partial charge is 0.338 e. The van der Waals surface area contributed by atoms with Crippen LogP contribution in [0.5, 0.6) is 0 Å². The maximum absolute atomic E-state index is 12.2. The molecule has 4 heteroatoms. The van der Waals surface area contributed by atoms with Crippen LogP contribution in [0.15, 0.2) is 24.3 Å². The zero-order chi connectivity index (χ0) is 25.6. The van der Waals surface area contributed by atoms with E-state index in [1.807, 2.05) is 0 Å². The van der Waals surface area contributed by atoms with E-state index < -0.39 is 0 Å². The molecule has 0 atom stereocenters. The number of hydrogen-bond acceptors (Lipinski definition) is 4. The van der Waals surface area contributed by atoms with E-state index in [2.05, 4.69) is 20.8 Å². The van der Waals surface area contributed by atoms with Gasteiger partial charge in [0, 0.05) is 0 Å². The van der Waals surface area contributed by atoms with E-state index in [0.717, 1.165) is 25.7 Å². The molecule has 0 radical (unpaired) electrons. The molecule has 0 aromatic heterocycles. The number of unbranched alkanes of at least 4 members (excludes halogenated alkanes) is 14. The van der Waals surface area contributed by atoms with Crippen LogP contribution < -0.4 is 0 Å². The average molecular weight is 489 g/mol. The van der Waals surface area contributed by atoms with Crippen LogP contribution in [-0.4, -0.2) is 25.2 Å². The fourth-order valence-electron chi connectivity index (χ4n) is 4.27. The molecule has 200 valence electrons. The highest BCUT2D eigenvalue weighted by Crippen LogP contribution is 2.14. The predicted octanol–water partition coefficient (Wildman–Crippen LogP) is 9.31. The normalized spacial score (nSPS) is 11.1. The lowest BCUT2D eigenvalue weighted by Crippen LogP contribution is -2.13. The minimum absolute atomic E-state index is 0.327. The number of carbonyl (C=O) groups excluding carboxylic acids is 2. The maximum atomic E-state index is 12.2. The molecule has 0 saturated carbocycles. The van der Waals surface area contributed by atoms with Crippen molar-refractivity contribution in [3.63, 3.8) is 0 Å². The van der Waals surface area contributed by atoms with Crippen LogP contribution in [0.2, 0.25) is 0 Å².